The van der Waals surface area contributed by atoms with Gasteiger partial charge in [-0.3, -0.25) is 19.2 Å². The molecule has 0 bridgehead atoms. The number of nitrogens with zero attached hydrogens (tertiary/aromatic N) is 6. The lowest BCUT2D eigenvalue weighted by Crippen LogP contribution is -2.56. The number of likely N-dealkylation sites (tertiary alicyclic amines) is 1. The van der Waals surface area contributed by atoms with Crippen LogP contribution in [0.15, 0.2) is 36.4 Å². The highest BCUT2D eigenvalue weighted by Gasteiger charge is 2.39. The molecule has 4 fully saturated rings. The topological polar surface area (TPSA) is 167 Å². The molecule has 15 heteroatoms. The highest BCUT2D eigenvalue weighted by atomic mass is 16.6. The number of aromatic nitrogens is 2. The molecule has 2 saturated carbocycles. The minimum atomic E-state index is -0.886. The summed E-state index contributed by atoms with van der Waals surface area (Å²) in [5, 5.41) is 16.8. The SMILES string of the molecule is CN(C(=O)C1CCCN1C(=O)COc1cc(C(=O)NC(CCCCO)C(=O)N2CCN(C(=O)OC3CCC3)CC2)nn1-c1ccccc1)C1CCC1. The lowest BCUT2D eigenvalue weighted by atomic mass is 9.91. The van der Waals surface area contributed by atoms with E-state index in [-0.39, 0.29) is 60.7 Å². The second-order valence-electron chi connectivity index (χ2n) is 14.2. The maximum atomic E-state index is 13.7. The van der Waals surface area contributed by atoms with Gasteiger partial charge in [0.1, 0.15) is 18.2 Å². The first-order chi connectivity index (χ1) is 25.2. The van der Waals surface area contributed by atoms with Crippen molar-refractivity contribution < 1.29 is 38.6 Å². The average molecular weight is 722 g/mol. The first-order valence-electron chi connectivity index (χ1n) is 18.7. The predicted molar refractivity (Wildman–Crippen MR) is 189 cm³/mol. The van der Waals surface area contributed by atoms with Crippen molar-refractivity contribution >= 4 is 29.7 Å². The van der Waals surface area contributed by atoms with Crippen LogP contribution < -0.4 is 10.1 Å². The van der Waals surface area contributed by atoms with Gasteiger partial charge in [0.15, 0.2) is 12.3 Å². The van der Waals surface area contributed by atoms with Crippen LogP contribution in [0.1, 0.15) is 81.1 Å². The Labute approximate surface area is 304 Å². The zero-order valence-corrected chi connectivity index (χ0v) is 30.0. The number of nitrogens with one attached hydrogen (secondary N) is 1. The van der Waals surface area contributed by atoms with Crippen molar-refractivity contribution in [3.8, 4) is 11.6 Å². The second-order valence-corrected chi connectivity index (χ2v) is 14.2. The van der Waals surface area contributed by atoms with Gasteiger partial charge in [0.25, 0.3) is 11.8 Å². The van der Waals surface area contributed by atoms with Crippen LogP contribution in [0.5, 0.6) is 5.88 Å². The van der Waals surface area contributed by atoms with E-state index in [1.165, 1.54) is 10.7 Å². The van der Waals surface area contributed by atoms with Gasteiger partial charge in [0.2, 0.25) is 17.7 Å². The number of benzene rings is 1. The standard InChI is InChI=1S/C37H51N7O8/c1-40(26-12-7-13-26)36(49)31-17-9-18-43(31)32(46)25-51-33-24-30(39-44(33)27-10-3-2-4-11-27)34(47)38-29(16-5-6-23-45)35(48)41-19-21-42(22-20-41)37(50)52-28-14-8-15-28/h2-4,10-11,24,26,28-29,31,45H,5-9,12-23,25H2,1H3,(H,38,47). The van der Waals surface area contributed by atoms with Crippen molar-refractivity contribution in [1.82, 2.24) is 34.7 Å². The van der Waals surface area contributed by atoms with Gasteiger partial charge in [-0.25, -0.2) is 9.48 Å². The number of rotatable bonds is 14. The monoisotopic (exact) mass is 721 g/mol. The summed E-state index contributed by atoms with van der Waals surface area (Å²) < 4.78 is 13.0. The van der Waals surface area contributed by atoms with Crippen molar-refractivity contribution in [2.75, 3.05) is 53.0 Å². The Morgan fingerprint density at radius 3 is 2.29 bits per heavy atom. The van der Waals surface area contributed by atoms with Gasteiger partial charge in [-0.15, -0.1) is 0 Å². The molecule has 3 heterocycles. The third-order valence-electron chi connectivity index (χ3n) is 10.8. The molecule has 2 saturated heterocycles. The Balaban J connectivity index is 1.11. The van der Waals surface area contributed by atoms with Crippen LogP contribution in [-0.4, -0.2) is 141 Å². The summed E-state index contributed by atoms with van der Waals surface area (Å²) in [4.78, 5) is 73.3. The molecule has 6 rings (SSSR count). The molecular weight excluding hydrogens is 670 g/mol. The molecule has 52 heavy (non-hydrogen) atoms. The molecule has 4 aliphatic rings. The lowest BCUT2D eigenvalue weighted by molar-refractivity contribution is -0.146. The smallest absolute Gasteiger partial charge is 0.410 e. The summed E-state index contributed by atoms with van der Waals surface area (Å²) in [7, 11) is 1.81. The van der Waals surface area contributed by atoms with Crippen LogP contribution in [0.3, 0.4) is 0 Å². The summed E-state index contributed by atoms with van der Waals surface area (Å²) in [6.07, 6.45) is 8.14. The van der Waals surface area contributed by atoms with E-state index in [1.54, 1.807) is 31.7 Å². The maximum Gasteiger partial charge on any atom is 0.410 e. The Hall–Kier alpha value is -4.66. The minimum absolute atomic E-state index is 0.00818. The largest absolute Gasteiger partial charge is 0.467 e. The average Bonchev–Trinajstić information content (AvgIpc) is 3.79. The molecule has 2 aromatic rings. The van der Waals surface area contributed by atoms with Crippen LogP contribution in [-0.2, 0) is 19.1 Å². The number of hydrogen-bond acceptors (Lipinski definition) is 9. The Bertz CT molecular complexity index is 1570. The summed E-state index contributed by atoms with van der Waals surface area (Å²) in [6.45, 7) is 1.35. The first-order valence-corrected chi connectivity index (χ1v) is 18.7. The third kappa shape index (κ3) is 8.68. The number of unbranched alkanes of at least 4 members (excludes halogenated alkanes) is 1. The van der Waals surface area contributed by atoms with Gasteiger partial charge in [0, 0.05) is 58.5 Å². The molecule has 0 spiro atoms. The summed E-state index contributed by atoms with van der Waals surface area (Å²) in [6, 6.07) is 9.31. The van der Waals surface area contributed by atoms with Gasteiger partial charge in [-0.05, 0) is 82.8 Å². The molecule has 1 aromatic carbocycles. The molecule has 2 N–H and O–H groups in total. The number of ether oxygens (including phenoxy) is 2. The molecule has 0 radical (unpaired) electrons. The maximum absolute atomic E-state index is 13.7. The molecule has 15 nitrogen and oxygen atoms in total. The van der Waals surface area contributed by atoms with Crippen LogP contribution in [0.2, 0.25) is 0 Å². The molecular formula is C37H51N7O8. The van der Waals surface area contributed by atoms with E-state index >= 15 is 0 Å². The number of piperazine rings is 1. The number of likely N-dealkylation sites (N-methyl/N-ethyl adjacent to an activating group) is 1. The minimum Gasteiger partial charge on any atom is -0.467 e. The van der Waals surface area contributed by atoms with E-state index in [0.29, 0.717) is 64.1 Å². The van der Waals surface area contributed by atoms with Crippen LogP contribution in [0.25, 0.3) is 5.69 Å². The number of aliphatic hydroxyl groups is 1. The van der Waals surface area contributed by atoms with Crippen LogP contribution in [0.4, 0.5) is 4.79 Å². The van der Waals surface area contributed by atoms with Crippen molar-refractivity contribution in [1.29, 1.82) is 0 Å². The van der Waals surface area contributed by atoms with E-state index in [4.69, 9.17) is 9.47 Å². The highest BCUT2D eigenvalue weighted by molar-refractivity contribution is 5.96. The normalized spacial score (nSPS) is 19.7. The van der Waals surface area contributed by atoms with Crippen molar-refractivity contribution in [2.24, 2.45) is 0 Å². The Morgan fingerprint density at radius 1 is 0.923 bits per heavy atom. The zero-order chi connectivity index (χ0) is 36.6. The van der Waals surface area contributed by atoms with Crippen molar-refractivity contribution in [2.45, 2.75) is 94.9 Å². The summed E-state index contributed by atoms with van der Waals surface area (Å²) in [5.74, 6) is -1.08. The Kier molecular flexibility index (Phi) is 12.3. The number of carbonyl (C=O) groups is 5. The zero-order valence-electron chi connectivity index (χ0n) is 30.0. The van der Waals surface area contributed by atoms with E-state index in [9.17, 15) is 29.1 Å². The molecule has 2 unspecified atom stereocenters. The quantitative estimate of drug-likeness (QED) is 0.279. The fourth-order valence-electron chi connectivity index (χ4n) is 7.05. The first kappa shape index (κ1) is 37.1. The molecule has 1 aromatic heterocycles. The van der Waals surface area contributed by atoms with Crippen LogP contribution in [0, 0.1) is 0 Å². The molecule has 5 amide bonds. The highest BCUT2D eigenvalue weighted by Crippen LogP contribution is 2.28. The van der Waals surface area contributed by atoms with Gasteiger partial charge >= 0.3 is 6.09 Å². The number of hydrogen-bond donors (Lipinski definition) is 2. The lowest BCUT2D eigenvalue weighted by Gasteiger charge is -2.37. The number of carbonyl (C=O) groups excluding carboxylic acids is 5. The second kappa shape index (κ2) is 17.2. The molecule has 2 atom stereocenters. The summed E-state index contributed by atoms with van der Waals surface area (Å²) >= 11 is 0. The van der Waals surface area contributed by atoms with E-state index in [0.717, 1.165) is 44.9 Å². The molecule has 282 valence electrons. The van der Waals surface area contributed by atoms with Gasteiger partial charge in [-0.1, -0.05) is 18.2 Å². The third-order valence-corrected chi connectivity index (χ3v) is 10.8. The van der Waals surface area contributed by atoms with E-state index in [2.05, 4.69) is 10.4 Å². The summed E-state index contributed by atoms with van der Waals surface area (Å²) in [5.41, 5.74) is 0.593. The van der Waals surface area contributed by atoms with Crippen molar-refractivity contribution in [3.63, 3.8) is 0 Å². The van der Waals surface area contributed by atoms with Gasteiger partial charge < -0.3 is 39.5 Å². The van der Waals surface area contributed by atoms with Gasteiger partial charge in [0.05, 0.1) is 5.69 Å². The Morgan fingerprint density at radius 2 is 1.63 bits per heavy atom. The predicted octanol–water partition coefficient (Wildman–Crippen LogP) is 2.35. The fraction of sp³-hybridized carbons (Fsp3) is 0.622. The van der Waals surface area contributed by atoms with Crippen molar-refractivity contribution in [3.05, 3.63) is 42.1 Å². The fourth-order valence-corrected chi connectivity index (χ4v) is 7.05. The van der Waals surface area contributed by atoms with E-state index in [1.807, 2.05) is 25.2 Å². The number of para-hydroxylation sites is 1. The van der Waals surface area contributed by atoms with Gasteiger partial charge in [-0.2, -0.15) is 5.10 Å². The van der Waals surface area contributed by atoms with Crippen LogP contribution >= 0.6 is 0 Å². The van der Waals surface area contributed by atoms with E-state index < -0.39 is 18.0 Å². The number of aliphatic hydroxyl groups excluding tert-OH is 1. The molecule has 2 aliphatic carbocycles. The number of amides is 5. The molecule has 2 aliphatic heterocycles.